The van der Waals surface area contributed by atoms with Crippen molar-refractivity contribution in [1.82, 2.24) is 9.80 Å². The number of hydrogen-bond donors (Lipinski definition) is 1. The van der Waals surface area contributed by atoms with E-state index in [2.05, 4.69) is 5.32 Å². The highest BCUT2D eigenvalue weighted by Crippen LogP contribution is 2.29. The molecular formula is C29H45N3O7. The number of likely N-dealkylation sites (tertiary alicyclic amines) is 1. The van der Waals surface area contributed by atoms with Crippen LogP contribution >= 0.6 is 0 Å². The van der Waals surface area contributed by atoms with Crippen LogP contribution in [0.2, 0.25) is 0 Å². The first-order valence-electron chi connectivity index (χ1n) is 13.8. The topological polar surface area (TPSA) is 107 Å². The van der Waals surface area contributed by atoms with Gasteiger partial charge in [0.05, 0.1) is 19.6 Å². The molecule has 0 aromatic heterocycles. The number of amides is 3. The summed E-state index contributed by atoms with van der Waals surface area (Å²) in [5, 5.41) is 3.04. The summed E-state index contributed by atoms with van der Waals surface area (Å²) in [5.74, 6) is 0.110. The molecule has 2 aliphatic rings. The Morgan fingerprint density at radius 1 is 1.05 bits per heavy atom. The third-order valence-electron chi connectivity index (χ3n) is 7.48. The van der Waals surface area contributed by atoms with E-state index in [0.29, 0.717) is 38.5 Å². The van der Waals surface area contributed by atoms with Crippen LogP contribution in [0.4, 0.5) is 15.3 Å². The van der Waals surface area contributed by atoms with Gasteiger partial charge in [0, 0.05) is 39.5 Å². The van der Waals surface area contributed by atoms with E-state index in [4.69, 9.17) is 18.9 Å². The molecule has 10 nitrogen and oxygen atoms in total. The zero-order valence-corrected chi connectivity index (χ0v) is 24.3. The average Bonchev–Trinajstić information content (AvgIpc) is 2.91. The van der Waals surface area contributed by atoms with Crippen molar-refractivity contribution >= 4 is 23.8 Å². The van der Waals surface area contributed by atoms with Gasteiger partial charge in [-0.2, -0.15) is 0 Å². The summed E-state index contributed by atoms with van der Waals surface area (Å²) in [5.41, 5.74) is 2.47. The maximum absolute atomic E-state index is 13.3. The Kier molecular flexibility index (Phi) is 11.0. The molecular weight excluding hydrogens is 502 g/mol. The van der Waals surface area contributed by atoms with E-state index >= 15 is 0 Å². The van der Waals surface area contributed by atoms with Gasteiger partial charge in [0.2, 0.25) is 0 Å². The van der Waals surface area contributed by atoms with Gasteiger partial charge in [0.15, 0.2) is 6.29 Å². The molecule has 1 fully saturated rings. The lowest BCUT2D eigenvalue weighted by Crippen LogP contribution is -2.44. The van der Waals surface area contributed by atoms with Crippen LogP contribution in [0.1, 0.15) is 57.6 Å². The van der Waals surface area contributed by atoms with E-state index in [1.54, 1.807) is 24.0 Å². The number of urea groups is 1. The molecule has 1 aliphatic heterocycles. The fourth-order valence-corrected chi connectivity index (χ4v) is 5.17. The van der Waals surface area contributed by atoms with Crippen molar-refractivity contribution < 1.29 is 33.3 Å². The number of methoxy groups -OCH3 is 3. The Bertz CT molecular complexity index is 982. The molecule has 1 aromatic carbocycles. The molecule has 1 heterocycles. The van der Waals surface area contributed by atoms with Crippen molar-refractivity contribution in [3.8, 4) is 0 Å². The Morgan fingerprint density at radius 3 is 2.36 bits per heavy atom. The van der Waals surface area contributed by atoms with Crippen LogP contribution in [0.5, 0.6) is 0 Å². The summed E-state index contributed by atoms with van der Waals surface area (Å²) in [4.78, 5) is 41.2. The quantitative estimate of drug-likeness (QED) is 0.359. The number of rotatable bonds is 9. The minimum absolute atomic E-state index is 0.116. The van der Waals surface area contributed by atoms with Gasteiger partial charge in [-0.3, -0.25) is 4.79 Å². The van der Waals surface area contributed by atoms with Gasteiger partial charge in [0.1, 0.15) is 5.60 Å². The van der Waals surface area contributed by atoms with E-state index in [1.165, 1.54) is 7.11 Å². The van der Waals surface area contributed by atoms with Gasteiger partial charge in [-0.15, -0.1) is 0 Å². The smallest absolute Gasteiger partial charge is 0.410 e. The van der Waals surface area contributed by atoms with Crippen molar-refractivity contribution in [2.45, 2.75) is 71.2 Å². The lowest BCUT2D eigenvalue weighted by molar-refractivity contribution is -0.145. The summed E-state index contributed by atoms with van der Waals surface area (Å²) < 4.78 is 21.2. The standard InChI is InChI=1S/C29H45N3O7/c1-29(2,3)39-28(35)31-14-11-20(12-15-31)13-16-32(19-25(36-4)37-5)27(34)30-24-10-9-21-17-23(26(33)38-6)8-7-22(21)18-24/h9-10,18,20,23,25H,7-8,11-17,19H2,1-6H3,(H,30,34). The second-order valence-electron chi connectivity index (χ2n) is 11.4. The number of hydrogen-bond acceptors (Lipinski definition) is 7. The predicted molar refractivity (Wildman–Crippen MR) is 148 cm³/mol. The van der Waals surface area contributed by atoms with Crippen molar-refractivity contribution in [3.63, 3.8) is 0 Å². The van der Waals surface area contributed by atoms with E-state index in [9.17, 15) is 14.4 Å². The van der Waals surface area contributed by atoms with Crippen molar-refractivity contribution in [2.24, 2.45) is 11.8 Å². The lowest BCUT2D eigenvalue weighted by atomic mass is 9.84. The molecule has 1 atom stereocenters. The highest BCUT2D eigenvalue weighted by atomic mass is 16.7. The van der Waals surface area contributed by atoms with Gasteiger partial charge in [-0.25, -0.2) is 9.59 Å². The summed E-state index contributed by atoms with van der Waals surface area (Å²) in [6, 6.07) is 5.64. The van der Waals surface area contributed by atoms with Gasteiger partial charge in [-0.05, 0) is 88.5 Å². The first-order chi connectivity index (χ1) is 18.5. The summed E-state index contributed by atoms with van der Waals surface area (Å²) in [6.45, 7) is 7.74. The number of esters is 1. The highest BCUT2D eigenvalue weighted by Gasteiger charge is 2.29. The summed E-state index contributed by atoms with van der Waals surface area (Å²) in [7, 11) is 4.54. The molecule has 10 heteroatoms. The second kappa shape index (κ2) is 14.0. The largest absolute Gasteiger partial charge is 0.469 e. The number of nitrogens with one attached hydrogen (secondary N) is 1. The van der Waals surface area contributed by atoms with E-state index in [-0.39, 0.29) is 24.0 Å². The Balaban J connectivity index is 1.57. The molecule has 1 unspecified atom stereocenters. The lowest BCUT2D eigenvalue weighted by Gasteiger charge is -2.34. The van der Waals surface area contributed by atoms with Gasteiger partial charge in [0.25, 0.3) is 0 Å². The molecule has 1 saturated heterocycles. The predicted octanol–water partition coefficient (Wildman–Crippen LogP) is 4.45. The zero-order valence-electron chi connectivity index (χ0n) is 24.3. The number of carbonyl (C=O) groups excluding carboxylic acids is 3. The molecule has 1 aliphatic carbocycles. The third-order valence-corrected chi connectivity index (χ3v) is 7.48. The van der Waals surface area contributed by atoms with Crippen LogP contribution in [0, 0.1) is 11.8 Å². The summed E-state index contributed by atoms with van der Waals surface area (Å²) in [6.07, 6.45) is 3.89. The first-order valence-corrected chi connectivity index (χ1v) is 13.8. The monoisotopic (exact) mass is 547 g/mol. The molecule has 3 rings (SSSR count). The maximum Gasteiger partial charge on any atom is 0.410 e. The molecule has 0 radical (unpaired) electrons. The maximum atomic E-state index is 13.3. The molecule has 0 spiro atoms. The van der Waals surface area contributed by atoms with Crippen LogP contribution in [-0.2, 0) is 36.6 Å². The van der Waals surface area contributed by atoms with Crippen LogP contribution in [0.3, 0.4) is 0 Å². The molecule has 1 aromatic rings. The van der Waals surface area contributed by atoms with Crippen molar-refractivity contribution in [2.75, 3.05) is 52.8 Å². The van der Waals surface area contributed by atoms with Gasteiger partial charge >= 0.3 is 18.1 Å². The Labute approximate surface area is 232 Å². The number of ether oxygens (including phenoxy) is 4. The number of nitrogens with zero attached hydrogens (tertiary/aromatic N) is 2. The number of benzene rings is 1. The molecule has 1 N–H and O–H groups in total. The fraction of sp³-hybridized carbons (Fsp3) is 0.690. The molecule has 0 saturated carbocycles. The minimum atomic E-state index is -0.538. The number of aryl methyl sites for hydroxylation is 1. The molecule has 39 heavy (non-hydrogen) atoms. The van der Waals surface area contributed by atoms with E-state index in [1.807, 2.05) is 39.0 Å². The SMILES string of the molecule is COC(=O)C1CCc2cc(NC(=O)N(CCC3CCN(C(=O)OC(C)(C)C)CC3)CC(OC)OC)ccc2C1. The molecule has 0 bridgehead atoms. The van der Waals surface area contributed by atoms with Gasteiger partial charge < -0.3 is 34.1 Å². The molecule has 218 valence electrons. The number of fused-ring (bicyclic) bond motifs is 1. The highest BCUT2D eigenvalue weighted by molar-refractivity contribution is 5.89. The Morgan fingerprint density at radius 2 is 1.74 bits per heavy atom. The Hall–Kier alpha value is -2.85. The van der Waals surface area contributed by atoms with Crippen LogP contribution in [0.25, 0.3) is 0 Å². The first kappa shape index (κ1) is 30.7. The van der Waals surface area contributed by atoms with Crippen LogP contribution in [-0.4, -0.2) is 87.3 Å². The fourth-order valence-electron chi connectivity index (χ4n) is 5.17. The third kappa shape index (κ3) is 9.10. The van der Waals surface area contributed by atoms with Crippen molar-refractivity contribution in [3.05, 3.63) is 29.3 Å². The average molecular weight is 548 g/mol. The molecule has 3 amide bonds. The number of piperidine rings is 1. The normalized spacial score (nSPS) is 17.9. The minimum Gasteiger partial charge on any atom is -0.469 e. The van der Waals surface area contributed by atoms with Crippen LogP contribution < -0.4 is 5.32 Å². The summed E-state index contributed by atoms with van der Waals surface area (Å²) >= 11 is 0. The second-order valence-corrected chi connectivity index (χ2v) is 11.4. The van der Waals surface area contributed by atoms with E-state index in [0.717, 1.165) is 48.9 Å². The van der Waals surface area contributed by atoms with Crippen LogP contribution in [0.15, 0.2) is 18.2 Å². The number of carbonyl (C=O) groups is 3. The number of anilines is 1. The zero-order chi connectivity index (χ0) is 28.6. The van der Waals surface area contributed by atoms with Gasteiger partial charge in [-0.1, -0.05) is 6.07 Å². The van der Waals surface area contributed by atoms with E-state index < -0.39 is 11.9 Å². The van der Waals surface area contributed by atoms with Crippen molar-refractivity contribution in [1.29, 1.82) is 0 Å².